The number of aryl methyl sites for hydroxylation is 2. The molecule has 150 valence electrons. The highest BCUT2D eigenvalue weighted by molar-refractivity contribution is 5.89. The molecule has 0 aromatic carbocycles. The number of nitrogens with one attached hydrogen (secondary N) is 1. The van der Waals surface area contributed by atoms with Crippen LogP contribution in [0.4, 0.5) is 0 Å². The summed E-state index contributed by atoms with van der Waals surface area (Å²) in [5.74, 6) is 1.57. The van der Waals surface area contributed by atoms with E-state index in [1.165, 1.54) is 0 Å². The van der Waals surface area contributed by atoms with E-state index < -0.39 is 5.54 Å². The van der Waals surface area contributed by atoms with Crippen molar-refractivity contribution in [3.05, 3.63) is 11.6 Å². The van der Waals surface area contributed by atoms with Gasteiger partial charge in [-0.3, -0.25) is 4.79 Å². The molecule has 1 aliphatic heterocycles. The SMILES string of the molecule is CCOC1CC(N)(C(=O)NC2CCCn3nc(CC)nc32)C1(C)C.Cl.Cl. The first-order valence-corrected chi connectivity index (χ1v) is 8.98. The first-order valence-electron chi connectivity index (χ1n) is 8.98. The maximum atomic E-state index is 12.9. The van der Waals surface area contributed by atoms with Crippen molar-refractivity contribution in [1.29, 1.82) is 0 Å². The van der Waals surface area contributed by atoms with Crippen molar-refractivity contribution in [3.63, 3.8) is 0 Å². The van der Waals surface area contributed by atoms with Crippen LogP contribution in [0.2, 0.25) is 0 Å². The molecule has 3 unspecified atom stereocenters. The number of ether oxygens (including phenoxy) is 1. The molecule has 0 bridgehead atoms. The molecule has 1 amide bonds. The van der Waals surface area contributed by atoms with Gasteiger partial charge in [-0.25, -0.2) is 9.67 Å². The Labute approximate surface area is 167 Å². The van der Waals surface area contributed by atoms with Gasteiger partial charge in [-0.1, -0.05) is 20.8 Å². The van der Waals surface area contributed by atoms with E-state index in [2.05, 4.69) is 15.4 Å². The second-order valence-electron chi connectivity index (χ2n) is 7.47. The molecule has 0 saturated heterocycles. The highest BCUT2D eigenvalue weighted by Crippen LogP contribution is 2.50. The van der Waals surface area contributed by atoms with Crippen LogP contribution in [-0.4, -0.2) is 38.9 Å². The normalized spacial score (nSPS) is 28.8. The Balaban J connectivity index is 0.00000169. The van der Waals surface area contributed by atoms with Gasteiger partial charge in [0.25, 0.3) is 0 Å². The van der Waals surface area contributed by atoms with Crippen molar-refractivity contribution in [1.82, 2.24) is 20.1 Å². The number of hydrogen-bond acceptors (Lipinski definition) is 5. The van der Waals surface area contributed by atoms with Crippen LogP contribution in [-0.2, 0) is 22.5 Å². The number of aromatic nitrogens is 3. The van der Waals surface area contributed by atoms with Crippen molar-refractivity contribution in [2.24, 2.45) is 11.1 Å². The second-order valence-corrected chi connectivity index (χ2v) is 7.47. The fraction of sp³-hybridized carbons (Fsp3) is 0.824. The van der Waals surface area contributed by atoms with Crippen molar-refractivity contribution >= 4 is 30.7 Å². The summed E-state index contributed by atoms with van der Waals surface area (Å²) in [5.41, 5.74) is 5.19. The predicted molar refractivity (Wildman–Crippen MR) is 105 cm³/mol. The highest BCUT2D eigenvalue weighted by atomic mass is 35.5. The van der Waals surface area contributed by atoms with Gasteiger partial charge >= 0.3 is 0 Å². The summed E-state index contributed by atoms with van der Waals surface area (Å²) < 4.78 is 7.64. The van der Waals surface area contributed by atoms with Gasteiger partial charge in [-0.15, -0.1) is 24.8 Å². The molecule has 3 N–H and O–H groups in total. The van der Waals surface area contributed by atoms with Gasteiger partial charge in [-0.2, -0.15) is 5.10 Å². The Morgan fingerprint density at radius 1 is 1.38 bits per heavy atom. The lowest BCUT2D eigenvalue weighted by Gasteiger charge is -2.57. The molecule has 3 rings (SSSR count). The fourth-order valence-corrected chi connectivity index (χ4v) is 3.79. The Hall–Kier alpha value is -0.890. The predicted octanol–water partition coefficient (Wildman–Crippen LogP) is 2.17. The smallest absolute Gasteiger partial charge is 0.241 e. The second kappa shape index (κ2) is 8.42. The first kappa shape index (κ1) is 23.1. The van der Waals surface area contributed by atoms with Crippen molar-refractivity contribution in [2.75, 3.05) is 6.61 Å². The van der Waals surface area contributed by atoms with Gasteiger partial charge in [0, 0.05) is 31.4 Å². The molecule has 7 nitrogen and oxygen atoms in total. The maximum Gasteiger partial charge on any atom is 0.241 e. The molecule has 1 aliphatic carbocycles. The Morgan fingerprint density at radius 2 is 2.08 bits per heavy atom. The summed E-state index contributed by atoms with van der Waals surface area (Å²) in [4.78, 5) is 17.5. The highest BCUT2D eigenvalue weighted by Gasteiger charge is 2.63. The van der Waals surface area contributed by atoms with Crippen LogP contribution in [0.5, 0.6) is 0 Å². The lowest BCUT2D eigenvalue weighted by atomic mass is 9.54. The number of amides is 1. The third-order valence-electron chi connectivity index (χ3n) is 5.78. The Morgan fingerprint density at radius 3 is 2.65 bits per heavy atom. The van der Waals surface area contributed by atoms with E-state index in [0.29, 0.717) is 13.0 Å². The number of fused-ring (bicyclic) bond motifs is 1. The van der Waals surface area contributed by atoms with Crippen LogP contribution >= 0.6 is 24.8 Å². The molecule has 9 heteroatoms. The molecule has 0 spiro atoms. The number of halogens is 2. The molecule has 1 aromatic heterocycles. The van der Waals surface area contributed by atoms with E-state index in [1.807, 2.05) is 32.4 Å². The number of carbonyl (C=O) groups is 1. The topological polar surface area (TPSA) is 95.1 Å². The maximum absolute atomic E-state index is 12.9. The first-order chi connectivity index (χ1) is 11.3. The number of nitrogens with zero attached hydrogens (tertiary/aromatic N) is 3. The van der Waals surface area contributed by atoms with Crippen LogP contribution in [0.1, 0.15) is 64.6 Å². The lowest BCUT2D eigenvalue weighted by molar-refractivity contribution is -0.171. The minimum Gasteiger partial charge on any atom is -0.378 e. The van der Waals surface area contributed by atoms with Gasteiger partial charge in [0.05, 0.1) is 12.1 Å². The molecule has 2 aliphatic rings. The fourth-order valence-electron chi connectivity index (χ4n) is 3.79. The van der Waals surface area contributed by atoms with Gasteiger partial charge in [0.1, 0.15) is 11.4 Å². The van der Waals surface area contributed by atoms with Crippen LogP contribution < -0.4 is 11.1 Å². The van der Waals surface area contributed by atoms with E-state index in [4.69, 9.17) is 10.5 Å². The van der Waals surface area contributed by atoms with Crippen molar-refractivity contribution in [2.45, 2.75) is 77.6 Å². The third-order valence-corrected chi connectivity index (χ3v) is 5.78. The average molecular weight is 408 g/mol. The van der Waals surface area contributed by atoms with Crippen LogP contribution in [0.15, 0.2) is 0 Å². The van der Waals surface area contributed by atoms with Crippen molar-refractivity contribution in [3.8, 4) is 0 Å². The molecule has 0 radical (unpaired) electrons. The van der Waals surface area contributed by atoms with E-state index in [-0.39, 0.29) is 48.3 Å². The van der Waals surface area contributed by atoms with Crippen LogP contribution in [0.25, 0.3) is 0 Å². The van der Waals surface area contributed by atoms with Gasteiger partial charge in [0.2, 0.25) is 5.91 Å². The summed E-state index contributed by atoms with van der Waals surface area (Å²) in [7, 11) is 0. The van der Waals surface area contributed by atoms with E-state index in [1.54, 1.807) is 0 Å². The van der Waals surface area contributed by atoms with E-state index in [0.717, 1.165) is 37.5 Å². The van der Waals surface area contributed by atoms with Crippen molar-refractivity contribution < 1.29 is 9.53 Å². The van der Waals surface area contributed by atoms with Crippen LogP contribution in [0.3, 0.4) is 0 Å². The standard InChI is InChI=1S/C17H29N5O2.2ClH/c1-5-13-20-14-11(8-7-9-22(14)21-13)19-15(23)17(18)10-12(24-6-2)16(17,3)4;;/h11-12H,5-10,18H2,1-4H3,(H,19,23);2*1H. The Bertz CT molecular complexity index is 637. The summed E-state index contributed by atoms with van der Waals surface area (Å²) >= 11 is 0. The zero-order valence-electron chi connectivity index (χ0n) is 15.9. The number of rotatable bonds is 5. The third kappa shape index (κ3) is 3.59. The Kier molecular flexibility index (Phi) is 7.50. The molecule has 2 heterocycles. The number of nitrogens with two attached hydrogens (primary N) is 1. The van der Waals surface area contributed by atoms with Gasteiger partial charge < -0.3 is 15.8 Å². The number of hydrogen-bond donors (Lipinski definition) is 2. The molecular weight excluding hydrogens is 377 g/mol. The number of carbonyl (C=O) groups excluding carboxylic acids is 1. The summed E-state index contributed by atoms with van der Waals surface area (Å²) in [6.45, 7) is 9.52. The largest absolute Gasteiger partial charge is 0.378 e. The minimum atomic E-state index is -0.900. The summed E-state index contributed by atoms with van der Waals surface area (Å²) in [6.07, 6.45) is 3.23. The molecule has 1 fully saturated rings. The average Bonchev–Trinajstić information content (AvgIpc) is 2.98. The zero-order chi connectivity index (χ0) is 17.5. The minimum absolute atomic E-state index is 0. The molecule has 1 saturated carbocycles. The van der Waals surface area contributed by atoms with Gasteiger partial charge in [-0.05, 0) is 19.8 Å². The molecule has 26 heavy (non-hydrogen) atoms. The summed E-state index contributed by atoms with van der Waals surface area (Å²) in [5, 5.41) is 7.62. The summed E-state index contributed by atoms with van der Waals surface area (Å²) in [6, 6.07) is -0.110. The van der Waals surface area contributed by atoms with Gasteiger partial charge in [0.15, 0.2) is 5.82 Å². The van der Waals surface area contributed by atoms with Crippen LogP contribution in [0, 0.1) is 5.41 Å². The zero-order valence-corrected chi connectivity index (χ0v) is 17.6. The molecular formula is C17H31Cl2N5O2. The lowest BCUT2D eigenvalue weighted by Crippen LogP contribution is -2.76. The quantitative estimate of drug-likeness (QED) is 0.779. The van der Waals surface area contributed by atoms with E-state index >= 15 is 0 Å². The molecule has 3 atom stereocenters. The van der Waals surface area contributed by atoms with E-state index in [9.17, 15) is 4.79 Å². The monoisotopic (exact) mass is 407 g/mol. The molecule has 1 aromatic rings.